The Balaban J connectivity index is 2.61. The summed E-state index contributed by atoms with van der Waals surface area (Å²) in [5.74, 6) is 0.521. The number of nitrogens with zero attached hydrogens (tertiary/aromatic N) is 3. The Labute approximate surface area is 52.9 Å². The second-order valence-electron chi connectivity index (χ2n) is 1.38. The zero-order valence-electron chi connectivity index (χ0n) is 5.11. The van der Waals surface area contributed by atoms with Gasteiger partial charge in [0, 0.05) is 0 Å². The fraction of sp³-hybridized carbons (Fsp3) is 0.400. The second kappa shape index (κ2) is 2.96. The summed E-state index contributed by atoms with van der Waals surface area (Å²) in [5.41, 5.74) is 0. The van der Waals surface area contributed by atoms with Crippen molar-refractivity contribution in [1.82, 2.24) is 15.2 Å². The van der Waals surface area contributed by atoms with E-state index in [1.807, 2.05) is 6.92 Å². The summed E-state index contributed by atoms with van der Waals surface area (Å²) in [5, 5.41) is 7.05. The molecule has 0 N–H and O–H groups in total. The van der Waals surface area contributed by atoms with Gasteiger partial charge in [0.2, 0.25) is 5.88 Å². The van der Waals surface area contributed by atoms with Gasteiger partial charge in [0.15, 0.2) is 0 Å². The minimum absolute atomic E-state index is 0.521. The molecule has 0 atom stereocenters. The Morgan fingerprint density at radius 3 is 3.00 bits per heavy atom. The van der Waals surface area contributed by atoms with Gasteiger partial charge in [-0.05, 0) is 6.92 Å². The first-order valence-electron chi connectivity index (χ1n) is 2.69. The van der Waals surface area contributed by atoms with Gasteiger partial charge in [0.25, 0.3) is 0 Å². The average molecular weight is 125 g/mol. The van der Waals surface area contributed by atoms with E-state index in [4.69, 9.17) is 4.74 Å². The van der Waals surface area contributed by atoms with E-state index < -0.39 is 0 Å². The molecule has 0 saturated carbocycles. The standard InChI is InChI=1S/C5H7N3O/c1-2-9-5-3-7-8-4-6-5/h3-4H,2H2,1H3. The third kappa shape index (κ3) is 1.64. The number of aromatic nitrogens is 3. The smallest absolute Gasteiger partial charge is 0.235 e. The van der Waals surface area contributed by atoms with Gasteiger partial charge >= 0.3 is 0 Å². The topological polar surface area (TPSA) is 47.9 Å². The Morgan fingerprint density at radius 1 is 1.56 bits per heavy atom. The summed E-state index contributed by atoms with van der Waals surface area (Å²) >= 11 is 0. The number of hydrogen-bond acceptors (Lipinski definition) is 4. The van der Waals surface area contributed by atoms with E-state index in [0.29, 0.717) is 12.5 Å². The van der Waals surface area contributed by atoms with Crippen molar-refractivity contribution >= 4 is 0 Å². The van der Waals surface area contributed by atoms with E-state index in [0.717, 1.165) is 0 Å². The molecule has 0 unspecified atom stereocenters. The van der Waals surface area contributed by atoms with Crippen molar-refractivity contribution in [3.8, 4) is 5.88 Å². The molecule has 0 aromatic carbocycles. The van der Waals surface area contributed by atoms with Crippen molar-refractivity contribution in [2.45, 2.75) is 6.92 Å². The summed E-state index contributed by atoms with van der Waals surface area (Å²) in [7, 11) is 0. The van der Waals surface area contributed by atoms with Gasteiger partial charge < -0.3 is 4.74 Å². The summed E-state index contributed by atoms with van der Waals surface area (Å²) in [4.78, 5) is 3.77. The minimum atomic E-state index is 0.521. The largest absolute Gasteiger partial charge is 0.477 e. The van der Waals surface area contributed by atoms with Gasteiger partial charge in [0.1, 0.15) is 12.5 Å². The van der Waals surface area contributed by atoms with Crippen molar-refractivity contribution in [3.63, 3.8) is 0 Å². The van der Waals surface area contributed by atoms with E-state index in [1.165, 1.54) is 12.5 Å². The number of ether oxygens (including phenoxy) is 1. The molecular weight excluding hydrogens is 118 g/mol. The van der Waals surface area contributed by atoms with Gasteiger partial charge in [-0.1, -0.05) is 0 Å². The van der Waals surface area contributed by atoms with Crippen LogP contribution in [0.25, 0.3) is 0 Å². The van der Waals surface area contributed by atoms with Crippen LogP contribution in [0.5, 0.6) is 5.88 Å². The Morgan fingerprint density at radius 2 is 2.44 bits per heavy atom. The Hall–Kier alpha value is -1.19. The summed E-state index contributed by atoms with van der Waals surface area (Å²) < 4.78 is 4.99. The lowest BCUT2D eigenvalue weighted by Crippen LogP contribution is -1.94. The molecule has 0 aliphatic heterocycles. The third-order valence-electron chi connectivity index (χ3n) is 0.764. The predicted molar refractivity (Wildman–Crippen MR) is 31.0 cm³/mol. The van der Waals surface area contributed by atoms with Crippen LogP contribution in [0.2, 0.25) is 0 Å². The van der Waals surface area contributed by atoms with Crippen LogP contribution in [0.4, 0.5) is 0 Å². The molecule has 1 heterocycles. The molecule has 1 aromatic rings. The van der Waals surface area contributed by atoms with Gasteiger partial charge in [-0.15, -0.1) is 5.10 Å². The van der Waals surface area contributed by atoms with Gasteiger partial charge in [-0.25, -0.2) is 0 Å². The van der Waals surface area contributed by atoms with Crippen molar-refractivity contribution in [2.24, 2.45) is 0 Å². The molecule has 0 fully saturated rings. The fourth-order valence-electron chi connectivity index (χ4n) is 0.451. The van der Waals surface area contributed by atoms with Crippen molar-refractivity contribution in [2.75, 3.05) is 6.61 Å². The van der Waals surface area contributed by atoms with Crippen molar-refractivity contribution in [1.29, 1.82) is 0 Å². The summed E-state index contributed by atoms with van der Waals surface area (Å²) in [6.07, 6.45) is 2.83. The molecule has 1 rings (SSSR count). The first-order valence-corrected chi connectivity index (χ1v) is 2.69. The third-order valence-corrected chi connectivity index (χ3v) is 0.764. The van der Waals surface area contributed by atoms with Crippen LogP contribution < -0.4 is 4.74 Å². The molecule has 48 valence electrons. The normalized spacial score (nSPS) is 9.00. The van der Waals surface area contributed by atoms with Crippen LogP contribution in [0.1, 0.15) is 6.92 Å². The highest BCUT2D eigenvalue weighted by Gasteiger charge is 1.87. The van der Waals surface area contributed by atoms with Gasteiger partial charge in [-0.2, -0.15) is 10.1 Å². The zero-order valence-corrected chi connectivity index (χ0v) is 5.11. The van der Waals surface area contributed by atoms with Crippen LogP contribution >= 0.6 is 0 Å². The molecule has 0 bridgehead atoms. The van der Waals surface area contributed by atoms with Crippen LogP contribution in [0.15, 0.2) is 12.5 Å². The maximum Gasteiger partial charge on any atom is 0.235 e. The van der Waals surface area contributed by atoms with Crippen LogP contribution in [-0.2, 0) is 0 Å². The molecule has 4 nitrogen and oxygen atoms in total. The molecule has 0 spiro atoms. The molecule has 0 radical (unpaired) electrons. The van der Waals surface area contributed by atoms with Crippen molar-refractivity contribution < 1.29 is 4.74 Å². The fourth-order valence-corrected chi connectivity index (χ4v) is 0.451. The van der Waals surface area contributed by atoms with E-state index in [2.05, 4.69) is 15.2 Å². The van der Waals surface area contributed by atoms with Crippen LogP contribution in [0.3, 0.4) is 0 Å². The van der Waals surface area contributed by atoms with Crippen LogP contribution in [0, 0.1) is 0 Å². The lowest BCUT2D eigenvalue weighted by atomic mass is 10.8. The lowest BCUT2D eigenvalue weighted by molar-refractivity contribution is 0.323. The first-order chi connectivity index (χ1) is 4.43. The molecule has 0 saturated heterocycles. The summed E-state index contributed by atoms with van der Waals surface area (Å²) in [6.45, 7) is 2.50. The Kier molecular flexibility index (Phi) is 1.95. The van der Waals surface area contributed by atoms with Crippen molar-refractivity contribution in [3.05, 3.63) is 12.5 Å². The second-order valence-corrected chi connectivity index (χ2v) is 1.38. The molecule has 9 heavy (non-hydrogen) atoms. The highest BCUT2D eigenvalue weighted by Crippen LogP contribution is 1.97. The molecule has 0 amide bonds. The molecule has 0 aliphatic carbocycles. The highest BCUT2D eigenvalue weighted by atomic mass is 16.5. The maximum atomic E-state index is 4.99. The maximum absolute atomic E-state index is 4.99. The molecule has 4 heteroatoms. The van der Waals surface area contributed by atoms with E-state index in [9.17, 15) is 0 Å². The van der Waals surface area contributed by atoms with Crippen LogP contribution in [-0.4, -0.2) is 21.8 Å². The SMILES string of the molecule is CCOc1cnncn1. The minimum Gasteiger partial charge on any atom is -0.477 e. The molecule has 1 aromatic heterocycles. The molecular formula is C5H7N3O. The van der Waals surface area contributed by atoms with E-state index >= 15 is 0 Å². The predicted octanol–water partition coefficient (Wildman–Crippen LogP) is 0.270. The summed E-state index contributed by atoms with van der Waals surface area (Å²) in [6, 6.07) is 0. The van der Waals surface area contributed by atoms with E-state index in [-0.39, 0.29) is 0 Å². The molecule has 0 aliphatic rings. The zero-order chi connectivity index (χ0) is 6.53. The highest BCUT2D eigenvalue weighted by molar-refractivity contribution is 4.97. The van der Waals surface area contributed by atoms with E-state index in [1.54, 1.807) is 0 Å². The number of rotatable bonds is 2. The van der Waals surface area contributed by atoms with Gasteiger partial charge in [0.05, 0.1) is 6.61 Å². The number of hydrogen-bond donors (Lipinski definition) is 0. The first kappa shape index (κ1) is 5.94. The quantitative estimate of drug-likeness (QED) is 0.569. The van der Waals surface area contributed by atoms with Gasteiger partial charge in [-0.3, -0.25) is 0 Å². The lowest BCUT2D eigenvalue weighted by Gasteiger charge is -1.96. The average Bonchev–Trinajstić information content (AvgIpc) is 1.91. The monoisotopic (exact) mass is 125 g/mol. The Bertz CT molecular complexity index is 165.